The molecule has 0 saturated carbocycles. The molecule has 0 spiro atoms. The zero-order valence-electron chi connectivity index (χ0n) is 14.2. The number of nitrogens with zero attached hydrogens (tertiary/aromatic N) is 2. The summed E-state index contributed by atoms with van der Waals surface area (Å²) in [6, 6.07) is 10.3. The first-order chi connectivity index (χ1) is 11.3. The fraction of sp³-hybridized carbons (Fsp3) is 0.632. The largest absolute Gasteiger partial charge is 0.309 e. The summed E-state index contributed by atoms with van der Waals surface area (Å²) in [5, 5.41) is 0. The van der Waals surface area contributed by atoms with Crippen molar-refractivity contribution in [1.82, 2.24) is 4.90 Å². The highest BCUT2D eigenvalue weighted by atomic mass is 18.2. The van der Waals surface area contributed by atoms with E-state index in [4.69, 9.17) is 0 Å². The molecule has 23 heavy (non-hydrogen) atoms. The van der Waals surface area contributed by atoms with E-state index in [1.807, 2.05) is 42.2 Å². The Morgan fingerprint density at radius 3 is 2.48 bits per heavy atom. The van der Waals surface area contributed by atoms with Gasteiger partial charge in [0, 0.05) is 31.2 Å². The van der Waals surface area contributed by atoms with Gasteiger partial charge in [0.2, 0.25) is 5.91 Å². The molecule has 3 nitrogen and oxygen atoms in total. The van der Waals surface area contributed by atoms with E-state index in [1.54, 1.807) is 0 Å². The van der Waals surface area contributed by atoms with Crippen molar-refractivity contribution in [2.24, 2.45) is 0 Å². The SMILES string of the molecule is CCC(=O)N(c1ccccc1)C1CCN(CCCCC[18F])CC1. The maximum Gasteiger partial charge on any atom is 0.226 e. The topological polar surface area (TPSA) is 23.6 Å². The number of para-hydroxylation sites is 1. The summed E-state index contributed by atoms with van der Waals surface area (Å²) in [6.07, 6.45) is 5.31. The van der Waals surface area contributed by atoms with E-state index >= 15 is 0 Å². The zero-order valence-corrected chi connectivity index (χ0v) is 14.2. The molecular weight excluding hydrogens is 290 g/mol. The monoisotopic (exact) mass is 319 g/mol. The molecule has 1 fully saturated rings. The number of anilines is 1. The molecule has 0 atom stereocenters. The second-order valence-electron chi connectivity index (χ2n) is 6.28. The van der Waals surface area contributed by atoms with Crippen LogP contribution in [0.25, 0.3) is 0 Å². The molecule has 0 bridgehead atoms. The minimum Gasteiger partial charge on any atom is -0.309 e. The van der Waals surface area contributed by atoms with E-state index in [0.717, 1.165) is 51.0 Å². The van der Waals surface area contributed by atoms with Crippen LogP contribution in [-0.2, 0) is 4.79 Å². The quantitative estimate of drug-likeness (QED) is 0.675. The first kappa shape index (κ1) is 17.9. The molecule has 4 heteroatoms. The second-order valence-corrected chi connectivity index (χ2v) is 6.28. The molecule has 2 rings (SSSR count). The zero-order chi connectivity index (χ0) is 16.5. The second kappa shape index (κ2) is 9.66. The molecule has 1 aliphatic heterocycles. The van der Waals surface area contributed by atoms with Crippen LogP contribution >= 0.6 is 0 Å². The van der Waals surface area contributed by atoms with Crippen molar-refractivity contribution in [3.63, 3.8) is 0 Å². The van der Waals surface area contributed by atoms with Gasteiger partial charge in [0.1, 0.15) is 0 Å². The number of halogens is 1. The number of carbonyl (C=O) groups is 1. The number of amides is 1. The van der Waals surface area contributed by atoms with E-state index in [-0.39, 0.29) is 12.6 Å². The maximum atomic E-state index is 12.4. The number of benzene rings is 1. The number of piperidine rings is 1. The van der Waals surface area contributed by atoms with Gasteiger partial charge in [-0.1, -0.05) is 25.1 Å². The number of unbranched alkanes of at least 4 members (excludes halogenated alkanes) is 2. The van der Waals surface area contributed by atoms with Gasteiger partial charge in [-0.25, -0.2) is 0 Å². The van der Waals surface area contributed by atoms with Gasteiger partial charge in [0.05, 0.1) is 6.67 Å². The summed E-state index contributed by atoms with van der Waals surface area (Å²) >= 11 is 0. The molecule has 1 aliphatic rings. The molecule has 1 aromatic rings. The smallest absolute Gasteiger partial charge is 0.226 e. The van der Waals surface area contributed by atoms with Gasteiger partial charge in [0.25, 0.3) is 0 Å². The molecule has 0 aromatic heterocycles. The number of alkyl halides is 1. The molecular formula is C19H29FN2O. The van der Waals surface area contributed by atoms with Crippen molar-refractivity contribution in [1.29, 1.82) is 0 Å². The van der Waals surface area contributed by atoms with Crippen LogP contribution in [0.15, 0.2) is 30.3 Å². The normalized spacial score (nSPS) is 16.4. The predicted molar refractivity (Wildman–Crippen MR) is 93.5 cm³/mol. The fourth-order valence-electron chi connectivity index (χ4n) is 3.33. The van der Waals surface area contributed by atoms with E-state index in [2.05, 4.69) is 4.90 Å². The number of carbonyl (C=O) groups excluding carboxylic acids is 1. The first-order valence-corrected chi connectivity index (χ1v) is 8.91. The van der Waals surface area contributed by atoms with Gasteiger partial charge in [-0.05, 0) is 50.8 Å². The van der Waals surface area contributed by atoms with Crippen LogP contribution < -0.4 is 4.90 Å². The van der Waals surface area contributed by atoms with Crippen molar-refractivity contribution in [3.05, 3.63) is 30.3 Å². The number of hydrogen-bond acceptors (Lipinski definition) is 2. The standard InChI is InChI=1S/C19H29FN2O/c1-2-19(23)22(17-9-5-3-6-10-17)18-11-15-21(16-12-18)14-8-4-7-13-20/h3,5-6,9-10,18H,2,4,7-8,11-16H2,1H3/i20-1. The maximum absolute atomic E-state index is 12.4. The Labute approximate surface area is 139 Å². The van der Waals surface area contributed by atoms with Crippen molar-refractivity contribution in [2.45, 2.75) is 51.5 Å². The van der Waals surface area contributed by atoms with Gasteiger partial charge in [-0.2, -0.15) is 0 Å². The summed E-state index contributed by atoms with van der Waals surface area (Å²) in [7, 11) is 0. The predicted octanol–water partition coefficient (Wildman–Crippen LogP) is 4.03. The Morgan fingerprint density at radius 1 is 1.17 bits per heavy atom. The highest BCUT2D eigenvalue weighted by Gasteiger charge is 2.28. The van der Waals surface area contributed by atoms with Gasteiger partial charge in [-0.3, -0.25) is 9.18 Å². The summed E-state index contributed by atoms with van der Waals surface area (Å²) < 4.78 is 12.1. The molecule has 1 amide bonds. The molecule has 0 radical (unpaired) electrons. The van der Waals surface area contributed by atoms with Crippen LogP contribution in [0.3, 0.4) is 0 Å². The molecule has 1 heterocycles. The van der Waals surface area contributed by atoms with E-state index in [1.165, 1.54) is 0 Å². The Kier molecular flexibility index (Phi) is 7.53. The van der Waals surface area contributed by atoms with Gasteiger partial charge >= 0.3 is 0 Å². The van der Waals surface area contributed by atoms with Gasteiger partial charge < -0.3 is 9.80 Å². The highest BCUT2D eigenvalue weighted by Crippen LogP contribution is 2.24. The third-order valence-electron chi connectivity index (χ3n) is 4.64. The lowest BCUT2D eigenvalue weighted by Gasteiger charge is -2.38. The Balaban J connectivity index is 1.89. The number of likely N-dealkylation sites (tertiary alicyclic amines) is 1. The van der Waals surface area contributed by atoms with E-state index < -0.39 is 0 Å². The molecule has 128 valence electrons. The van der Waals surface area contributed by atoms with Crippen LogP contribution in [0.1, 0.15) is 45.4 Å². The summed E-state index contributed by atoms with van der Waals surface area (Å²) in [6.45, 7) is 4.84. The molecule has 0 N–H and O–H groups in total. The average molecular weight is 319 g/mol. The highest BCUT2D eigenvalue weighted by molar-refractivity contribution is 5.93. The number of hydrogen-bond donors (Lipinski definition) is 0. The molecule has 0 aliphatic carbocycles. The molecule has 1 aromatic carbocycles. The lowest BCUT2D eigenvalue weighted by Crippen LogP contribution is -2.47. The third-order valence-corrected chi connectivity index (χ3v) is 4.64. The van der Waals surface area contributed by atoms with Crippen molar-refractivity contribution in [3.8, 4) is 0 Å². The van der Waals surface area contributed by atoms with Crippen LogP contribution in [0, 0.1) is 0 Å². The van der Waals surface area contributed by atoms with Gasteiger partial charge in [-0.15, -0.1) is 0 Å². The lowest BCUT2D eigenvalue weighted by molar-refractivity contribution is -0.119. The fourth-order valence-corrected chi connectivity index (χ4v) is 3.33. The van der Waals surface area contributed by atoms with Crippen LogP contribution in [0.5, 0.6) is 0 Å². The van der Waals surface area contributed by atoms with Crippen LogP contribution in [0.4, 0.5) is 10.1 Å². The van der Waals surface area contributed by atoms with E-state index in [9.17, 15) is 9.18 Å². The Bertz CT molecular complexity index is 458. The summed E-state index contributed by atoms with van der Waals surface area (Å²) in [4.78, 5) is 16.9. The lowest BCUT2D eigenvalue weighted by atomic mass is 10.0. The van der Waals surface area contributed by atoms with Crippen molar-refractivity contribution < 1.29 is 9.18 Å². The minimum absolute atomic E-state index is 0.201. The molecule has 1 saturated heterocycles. The molecule has 0 unspecified atom stereocenters. The number of rotatable bonds is 8. The van der Waals surface area contributed by atoms with Gasteiger partial charge in [0.15, 0.2) is 0 Å². The first-order valence-electron chi connectivity index (χ1n) is 8.91. The van der Waals surface area contributed by atoms with Crippen molar-refractivity contribution >= 4 is 11.6 Å². The Morgan fingerprint density at radius 2 is 1.87 bits per heavy atom. The summed E-state index contributed by atoms with van der Waals surface area (Å²) in [5.74, 6) is 0.206. The minimum atomic E-state index is -0.201. The van der Waals surface area contributed by atoms with Crippen molar-refractivity contribution in [2.75, 3.05) is 31.2 Å². The van der Waals surface area contributed by atoms with Crippen LogP contribution in [-0.4, -0.2) is 43.2 Å². The Hall–Kier alpha value is -1.42. The summed E-state index contributed by atoms with van der Waals surface area (Å²) in [5.41, 5.74) is 1.01. The van der Waals surface area contributed by atoms with Crippen LogP contribution in [0.2, 0.25) is 0 Å². The third kappa shape index (κ3) is 5.31. The van der Waals surface area contributed by atoms with E-state index in [0.29, 0.717) is 18.9 Å². The average Bonchev–Trinajstić information content (AvgIpc) is 2.61.